The van der Waals surface area contributed by atoms with E-state index in [9.17, 15) is 19.6 Å². The number of amides is 3. The molecular weight excluding hydrogens is 402 g/mol. The first kappa shape index (κ1) is 22.7. The molecule has 1 unspecified atom stereocenters. The molecule has 1 aromatic rings. The van der Waals surface area contributed by atoms with Gasteiger partial charge in [-0.2, -0.15) is 5.10 Å². The van der Waals surface area contributed by atoms with Crippen molar-refractivity contribution in [1.82, 2.24) is 10.5 Å². The Morgan fingerprint density at radius 2 is 2.06 bits per heavy atom. The largest absolute Gasteiger partial charge is 0.710 e. The van der Waals surface area contributed by atoms with Crippen LogP contribution in [0.3, 0.4) is 0 Å². The highest BCUT2D eigenvalue weighted by molar-refractivity contribution is 5.99. The molecule has 2 heterocycles. The maximum Gasteiger partial charge on any atom is 0.332 e. The van der Waals surface area contributed by atoms with Crippen LogP contribution in [-0.4, -0.2) is 40.2 Å². The zero-order chi connectivity index (χ0) is 22.4. The van der Waals surface area contributed by atoms with Crippen molar-refractivity contribution in [3.63, 3.8) is 0 Å². The summed E-state index contributed by atoms with van der Waals surface area (Å²) in [5.74, 6) is -1.86. The van der Waals surface area contributed by atoms with E-state index in [0.717, 1.165) is 30.7 Å². The molecule has 31 heavy (non-hydrogen) atoms. The van der Waals surface area contributed by atoms with Gasteiger partial charge >= 0.3 is 5.91 Å². The predicted octanol–water partition coefficient (Wildman–Crippen LogP) is 1.50. The number of rotatable bonds is 8. The molecule has 10 nitrogen and oxygen atoms in total. The van der Waals surface area contributed by atoms with Crippen LogP contribution in [0.5, 0.6) is 0 Å². The zero-order valence-electron chi connectivity index (χ0n) is 17.6. The number of carbonyl (C=O) groups is 3. The van der Waals surface area contributed by atoms with Crippen molar-refractivity contribution in [1.29, 1.82) is 0 Å². The highest BCUT2D eigenvalue weighted by Gasteiger charge is 2.40. The van der Waals surface area contributed by atoms with Gasteiger partial charge < -0.3 is 5.21 Å². The molecule has 3 N–H and O–H groups in total. The molecule has 2 aliphatic rings. The lowest BCUT2D eigenvalue weighted by molar-refractivity contribution is -0.598. The standard InChI is InChI=1S/C21H29N5O5/c1-2-16-8-5-9-18(26(16)31)23-20(28)17-10-11-22-25(17)21(29)15(13-19(27)24-30)12-14-6-3-4-7-14/h5,8-9,11,14-15,17,30H,2-4,6-7,10,12-13H2,1H3,(H,23,28)(H,24,27)/t15-,17?/m1/s1. The summed E-state index contributed by atoms with van der Waals surface area (Å²) in [4.78, 5) is 37.9. The third kappa shape index (κ3) is 5.38. The van der Waals surface area contributed by atoms with E-state index < -0.39 is 29.7 Å². The molecule has 168 valence electrons. The molecular formula is C21H29N5O5. The summed E-state index contributed by atoms with van der Waals surface area (Å²) < 4.78 is 0.661. The number of hydrazone groups is 1. The minimum Gasteiger partial charge on any atom is -0.710 e. The molecule has 1 saturated carbocycles. The highest BCUT2D eigenvalue weighted by atomic mass is 16.5. The topological polar surface area (TPSA) is 138 Å². The number of hydroxylamine groups is 1. The number of hydrogen-bond donors (Lipinski definition) is 3. The first-order valence-electron chi connectivity index (χ1n) is 10.7. The van der Waals surface area contributed by atoms with Crippen LogP contribution < -0.4 is 15.5 Å². The van der Waals surface area contributed by atoms with Crippen LogP contribution in [0.2, 0.25) is 0 Å². The Bertz CT molecular complexity index is 853. The summed E-state index contributed by atoms with van der Waals surface area (Å²) in [7, 11) is 0. The maximum absolute atomic E-state index is 13.2. The number of aryl methyl sites for hydroxylation is 1. The van der Waals surface area contributed by atoms with Crippen molar-refractivity contribution >= 4 is 29.8 Å². The highest BCUT2D eigenvalue weighted by Crippen LogP contribution is 2.33. The van der Waals surface area contributed by atoms with E-state index >= 15 is 0 Å². The van der Waals surface area contributed by atoms with Gasteiger partial charge in [-0.15, -0.1) is 0 Å². The average molecular weight is 431 g/mol. The normalized spacial score (nSPS) is 19.4. The summed E-state index contributed by atoms with van der Waals surface area (Å²) in [6.07, 6.45) is 6.72. The van der Waals surface area contributed by atoms with Crippen LogP contribution in [0, 0.1) is 17.0 Å². The fraction of sp³-hybridized carbons (Fsp3) is 0.571. The van der Waals surface area contributed by atoms with Crippen molar-refractivity contribution < 1.29 is 24.3 Å². The molecule has 0 saturated heterocycles. The monoisotopic (exact) mass is 431 g/mol. The molecule has 1 aliphatic heterocycles. The second-order valence-electron chi connectivity index (χ2n) is 8.09. The first-order chi connectivity index (χ1) is 14.9. The minimum absolute atomic E-state index is 0.0887. The third-order valence-corrected chi connectivity index (χ3v) is 5.99. The van der Waals surface area contributed by atoms with Gasteiger partial charge in [0.2, 0.25) is 11.8 Å². The van der Waals surface area contributed by atoms with Gasteiger partial charge in [-0.3, -0.25) is 14.8 Å². The molecule has 0 bridgehead atoms. The van der Waals surface area contributed by atoms with Crippen LogP contribution in [-0.2, 0) is 20.8 Å². The van der Waals surface area contributed by atoms with Crippen molar-refractivity contribution in [3.8, 4) is 0 Å². The van der Waals surface area contributed by atoms with Gasteiger partial charge in [-0.1, -0.05) is 38.7 Å². The smallest absolute Gasteiger partial charge is 0.332 e. The van der Waals surface area contributed by atoms with E-state index in [0.29, 0.717) is 29.2 Å². The van der Waals surface area contributed by atoms with Crippen molar-refractivity contribution in [2.45, 2.75) is 64.3 Å². The Kier molecular flexibility index (Phi) is 7.56. The quantitative estimate of drug-likeness (QED) is 0.248. The van der Waals surface area contributed by atoms with Gasteiger partial charge in [0.25, 0.3) is 5.82 Å². The van der Waals surface area contributed by atoms with Crippen molar-refractivity contribution in [2.75, 3.05) is 5.32 Å². The lowest BCUT2D eigenvalue weighted by Gasteiger charge is -2.26. The molecule has 1 aliphatic carbocycles. The summed E-state index contributed by atoms with van der Waals surface area (Å²) in [5, 5.41) is 29.0. The van der Waals surface area contributed by atoms with Gasteiger partial charge in [0.05, 0.1) is 0 Å². The molecule has 1 aromatic heterocycles. The van der Waals surface area contributed by atoms with Crippen LogP contribution in [0.15, 0.2) is 23.3 Å². The van der Waals surface area contributed by atoms with E-state index in [2.05, 4.69) is 10.4 Å². The van der Waals surface area contributed by atoms with Crippen LogP contribution in [0.25, 0.3) is 0 Å². The Balaban J connectivity index is 1.73. The van der Waals surface area contributed by atoms with Crippen LogP contribution in [0.1, 0.15) is 57.6 Å². The van der Waals surface area contributed by atoms with E-state index in [1.165, 1.54) is 12.3 Å². The summed E-state index contributed by atoms with van der Waals surface area (Å²) >= 11 is 0. The van der Waals surface area contributed by atoms with Gasteiger partial charge in [0.1, 0.15) is 5.69 Å². The minimum atomic E-state index is -0.902. The Morgan fingerprint density at radius 1 is 1.32 bits per heavy atom. The first-order valence-corrected chi connectivity index (χ1v) is 10.7. The number of pyridine rings is 1. The number of anilines is 1. The van der Waals surface area contributed by atoms with Gasteiger partial charge in [-0.25, -0.2) is 25.3 Å². The van der Waals surface area contributed by atoms with E-state index in [4.69, 9.17) is 5.21 Å². The molecule has 1 fully saturated rings. The van der Waals surface area contributed by atoms with Gasteiger partial charge in [-0.05, 0) is 18.4 Å². The van der Waals surface area contributed by atoms with Crippen LogP contribution in [0.4, 0.5) is 5.82 Å². The Morgan fingerprint density at radius 3 is 2.74 bits per heavy atom. The molecule has 3 rings (SSSR count). The molecule has 0 aromatic carbocycles. The number of hydrogen-bond acceptors (Lipinski definition) is 6. The summed E-state index contributed by atoms with van der Waals surface area (Å²) in [6, 6.07) is 3.96. The van der Waals surface area contributed by atoms with Crippen molar-refractivity contribution in [2.24, 2.45) is 16.9 Å². The Hall–Kier alpha value is -3.01. The second-order valence-corrected chi connectivity index (χ2v) is 8.09. The lowest BCUT2D eigenvalue weighted by atomic mass is 9.89. The number of nitrogens with zero attached hydrogens (tertiary/aromatic N) is 3. The van der Waals surface area contributed by atoms with Crippen LogP contribution >= 0.6 is 0 Å². The fourth-order valence-corrected chi connectivity index (χ4v) is 4.32. The molecule has 3 amide bonds. The molecule has 0 radical (unpaired) electrons. The Labute approximate surface area is 180 Å². The molecule has 10 heteroatoms. The van der Waals surface area contributed by atoms with Gasteiger partial charge in [0, 0.05) is 37.5 Å². The lowest BCUT2D eigenvalue weighted by Crippen LogP contribution is -2.47. The SMILES string of the molecule is CCc1cccc(NC(=O)C2CC=NN2C(=O)[C@@H](CC(=O)NO)CC2CCCC2)[n+]1[O-]. The third-order valence-electron chi connectivity index (χ3n) is 5.99. The van der Waals surface area contributed by atoms with Gasteiger partial charge in [0.15, 0.2) is 6.04 Å². The van der Waals surface area contributed by atoms with Crippen molar-refractivity contribution in [3.05, 3.63) is 29.1 Å². The van der Waals surface area contributed by atoms with E-state index in [1.54, 1.807) is 17.6 Å². The maximum atomic E-state index is 13.2. The number of carbonyl (C=O) groups excluding carboxylic acids is 3. The summed E-state index contributed by atoms with van der Waals surface area (Å²) in [6.45, 7) is 1.84. The molecule has 2 atom stereocenters. The van der Waals surface area contributed by atoms with E-state index in [-0.39, 0.29) is 18.7 Å². The average Bonchev–Trinajstić information content (AvgIpc) is 3.46. The zero-order valence-corrected chi connectivity index (χ0v) is 17.6. The molecule has 0 spiro atoms. The summed E-state index contributed by atoms with van der Waals surface area (Å²) in [5.41, 5.74) is 2.10. The predicted molar refractivity (Wildman–Crippen MR) is 112 cm³/mol. The van der Waals surface area contributed by atoms with E-state index in [1.807, 2.05) is 6.92 Å². The number of aromatic nitrogens is 1. The second kappa shape index (κ2) is 10.3. The fourth-order valence-electron chi connectivity index (χ4n) is 4.32. The number of nitrogens with one attached hydrogen (secondary N) is 2.